The van der Waals surface area contributed by atoms with E-state index in [1.165, 1.54) is 0 Å². The number of nitrogens with one attached hydrogen (secondary N) is 1. The largest absolute Gasteiger partial charge is 0.507 e. The van der Waals surface area contributed by atoms with E-state index in [-0.39, 0.29) is 5.69 Å². The van der Waals surface area contributed by atoms with Gasteiger partial charge in [0.15, 0.2) is 11.5 Å². The molecule has 1 aromatic rings. The summed E-state index contributed by atoms with van der Waals surface area (Å²) in [6.07, 6.45) is -10.1. The molecule has 0 saturated heterocycles. The van der Waals surface area contributed by atoms with Crippen LogP contribution in [0.5, 0.6) is 11.5 Å². The summed E-state index contributed by atoms with van der Waals surface area (Å²) in [5.74, 6) is -1.91. The third-order valence-corrected chi connectivity index (χ3v) is 2.28. The number of amides is 1. The molecule has 0 radical (unpaired) electrons. The number of benzene rings is 1. The van der Waals surface area contributed by atoms with Gasteiger partial charge in [0.2, 0.25) is 5.91 Å². The molecule has 2 rings (SSSR count). The standard InChI is InChI=1S/C11H6F4N2O3/c12-10(13)11(14,15)20-8-5-6(1-2-7(8)19-10)17-9(18)3-4-16/h1-2,5H,3H2,(H,17,18). The molecule has 0 fully saturated rings. The van der Waals surface area contributed by atoms with E-state index < -0.39 is 36.0 Å². The third-order valence-electron chi connectivity index (χ3n) is 2.28. The van der Waals surface area contributed by atoms with Gasteiger partial charge in [-0.15, -0.1) is 0 Å². The maximum absolute atomic E-state index is 12.9. The second-order valence-electron chi connectivity index (χ2n) is 3.78. The molecule has 1 heterocycles. The second-order valence-corrected chi connectivity index (χ2v) is 3.78. The number of carbonyl (C=O) groups excluding carboxylic acids is 1. The zero-order valence-corrected chi connectivity index (χ0v) is 9.62. The number of fused-ring (bicyclic) bond motifs is 1. The van der Waals surface area contributed by atoms with Gasteiger partial charge in [-0.25, -0.2) is 0 Å². The van der Waals surface area contributed by atoms with Crippen molar-refractivity contribution in [1.29, 1.82) is 5.26 Å². The van der Waals surface area contributed by atoms with Crippen molar-refractivity contribution in [1.82, 2.24) is 0 Å². The molecule has 20 heavy (non-hydrogen) atoms. The smallest absolute Gasteiger partial charge is 0.421 e. The molecular weight excluding hydrogens is 284 g/mol. The van der Waals surface area contributed by atoms with Crippen LogP contribution in [0.1, 0.15) is 6.42 Å². The van der Waals surface area contributed by atoms with Crippen LogP contribution < -0.4 is 14.8 Å². The topological polar surface area (TPSA) is 71.4 Å². The first-order valence-corrected chi connectivity index (χ1v) is 5.20. The second kappa shape index (κ2) is 4.56. The third kappa shape index (κ3) is 2.45. The number of ether oxygens (including phenoxy) is 2. The van der Waals surface area contributed by atoms with Gasteiger partial charge < -0.3 is 14.8 Å². The van der Waals surface area contributed by atoms with Gasteiger partial charge in [0.1, 0.15) is 6.42 Å². The Balaban J connectivity index is 2.26. The minimum Gasteiger partial charge on any atom is -0.421 e. The summed E-state index contributed by atoms with van der Waals surface area (Å²) < 4.78 is 59.4. The van der Waals surface area contributed by atoms with Crippen molar-refractivity contribution in [3.05, 3.63) is 18.2 Å². The molecule has 0 aromatic heterocycles. The van der Waals surface area contributed by atoms with Crippen LogP contribution in [-0.2, 0) is 4.79 Å². The van der Waals surface area contributed by atoms with E-state index in [0.29, 0.717) is 0 Å². The molecule has 106 valence electrons. The summed E-state index contributed by atoms with van der Waals surface area (Å²) in [7, 11) is 0. The van der Waals surface area contributed by atoms with Gasteiger partial charge in [0.25, 0.3) is 0 Å². The predicted octanol–water partition coefficient (Wildman–Crippen LogP) is 2.50. The summed E-state index contributed by atoms with van der Waals surface area (Å²) >= 11 is 0. The number of alkyl halides is 4. The van der Waals surface area contributed by atoms with Gasteiger partial charge in [-0.3, -0.25) is 4.79 Å². The highest BCUT2D eigenvalue weighted by molar-refractivity contribution is 5.92. The van der Waals surface area contributed by atoms with E-state index in [0.717, 1.165) is 18.2 Å². The number of nitrogens with zero attached hydrogens (tertiary/aromatic N) is 1. The average molecular weight is 290 g/mol. The summed E-state index contributed by atoms with van der Waals surface area (Å²) in [5.41, 5.74) is 0.00798. The first-order chi connectivity index (χ1) is 9.25. The van der Waals surface area contributed by atoms with Crippen LogP contribution in [0.15, 0.2) is 18.2 Å². The van der Waals surface area contributed by atoms with Gasteiger partial charge in [0, 0.05) is 11.8 Å². The van der Waals surface area contributed by atoms with Gasteiger partial charge in [-0.05, 0) is 12.1 Å². The predicted molar refractivity (Wildman–Crippen MR) is 56.5 cm³/mol. The number of nitriles is 1. The number of anilines is 1. The average Bonchev–Trinajstić information content (AvgIpc) is 2.30. The number of hydrogen-bond acceptors (Lipinski definition) is 4. The molecule has 5 nitrogen and oxygen atoms in total. The van der Waals surface area contributed by atoms with Crippen molar-refractivity contribution in [3.63, 3.8) is 0 Å². The van der Waals surface area contributed by atoms with Crippen molar-refractivity contribution in [2.24, 2.45) is 0 Å². The Morgan fingerprint density at radius 3 is 2.40 bits per heavy atom. The van der Waals surface area contributed by atoms with Crippen LogP contribution in [0.2, 0.25) is 0 Å². The molecule has 0 atom stereocenters. The van der Waals surface area contributed by atoms with Crippen LogP contribution >= 0.6 is 0 Å². The van der Waals surface area contributed by atoms with Gasteiger partial charge >= 0.3 is 12.2 Å². The normalized spacial score (nSPS) is 17.9. The van der Waals surface area contributed by atoms with Crippen LogP contribution in [0.4, 0.5) is 23.2 Å². The summed E-state index contributed by atoms with van der Waals surface area (Å²) in [6, 6.07) is 4.58. The lowest BCUT2D eigenvalue weighted by Gasteiger charge is -2.31. The minimum absolute atomic E-state index is 0.00798. The van der Waals surface area contributed by atoms with Crippen molar-refractivity contribution < 1.29 is 31.8 Å². The molecule has 1 aliphatic heterocycles. The molecule has 1 amide bonds. The number of carbonyl (C=O) groups is 1. The Morgan fingerprint density at radius 2 is 1.80 bits per heavy atom. The highest BCUT2D eigenvalue weighted by Crippen LogP contribution is 2.47. The number of hydrogen-bond donors (Lipinski definition) is 1. The fourth-order valence-electron chi connectivity index (χ4n) is 1.42. The molecule has 0 aliphatic carbocycles. The van der Waals surface area contributed by atoms with E-state index in [4.69, 9.17) is 5.26 Å². The zero-order valence-electron chi connectivity index (χ0n) is 9.62. The van der Waals surface area contributed by atoms with Gasteiger partial charge in [0.05, 0.1) is 6.07 Å². The summed E-state index contributed by atoms with van der Waals surface area (Å²) in [4.78, 5) is 11.1. The van der Waals surface area contributed by atoms with Crippen molar-refractivity contribution >= 4 is 11.6 Å². The van der Waals surface area contributed by atoms with E-state index in [1.54, 1.807) is 6.07 Å². The van der Waals surface area contributed by atoms with Crippen LogP contribution in [-0.4, -0.2) is 18.1 Å². The van der Waals surface area contributed by atoms with Crippen LogP contribution in [0.3, 0.4) is 0 Å². The maximum Gasteiger partial charge on any atom is 0.507 e. The monoisotopic (exact) mass is 290 g/mol. The van der Waals surface area contributed by atoms with Crippen molar-refractivity contribution in [2.75, 3.05) is 5.32 Å². The molecule has 1 aliphatic rings. The molecule has 0 saturated carbocycles. The Kier molecular flexibility index (Phi) is 3.17. The molecule has 9 heteroatoms. The van der Waals surface area contributed by atoms with Crippen LogP contribution in [0, 0.1) is 11.3 Å². The Hall–Kier alpha value is -2.50. The molecule has 0 spiro atoms. The van der Waals surface area contributed by atoms with Crippen molar-refractivity contribution in [2.45, 2.75) is 18.6 Å². The molecule has 0 bridgehead atoms. The SMILES string of the molecule is N#CCC(=O)Nc1ccc2c(c1)OC(F)(F)C(F)(F)O2. The highest BCUT2D eigenvalue weighted by atomic mass is 19.3. The van der Waals surface area contributed by atoms with E-state index in [9.17, 15) is 22.4 Å². The van der Waals surface area contributed by atoms with Crippen molar-refractivity contribution in [3.8, 4) is 17.6 Å². The van der Waals surface area contributed by atoms with Gasteiger partial charge in [-0.2, -0.15) is 22.8 Å². The van der Waals surface area contributed by atoms with Gasteiger partial charge in [-0.1, -0.05) is 0 Å². The van der Waals surface area contributed by atoms with E-state index >= 15 is 0 Å². The molecule has 0 unspecified atom stereocenters. The van der Waals surface area contributed by atoms with E-state index in [1.807, 2.05) is 0 Å². The molecule has 1 N–H and O–H groups in total. The fraction of sp³-hybridized carbons (Fsp3) is 0.273. The first kappa shape index (κ1) is 13.9. The van der Waals surface area contributed by atoms with E-state index in [2.05, 4.69) is 14.8 Å². The summed E-state index contributed by atoms with van der Waals surface area (Å²) in [6.45, 7) is 0. The first-order valence-electron chi connectivity index (χ1n) is 5.20. The number of rotatable bonds is 2. The van der Waals surface area contributed by atoms with Crippen LogP contribution in [0.25, 0.3) is 0 Å². The lowest BCUT2D eigenvalue weighted by atomic mass is 10.2. The minimum atomic E-state index is -4.82. The highest BCUT2D eigenvalue weighted by Gasteiger charge is 2.65. The molecule has 1 aromatic carbocycles. The molecular formula is C11H6F4N2O3. The maximum atomic E-state index is 12.9. The Bertz CT molecular complexity index is 598. The Morgan fingerprint density at radius 1 is 1.20 bits per heavy atom. The fourth-order valence-corrected chi connectivity index (χ4v) is 1.42. The number of halogens is 4. The Labute approximate surface area is 109 Å². The summed E-state index contributed by atoms with van der Waals surface area (Å²) in [5, 5.41) is 10.5. The zero-order chi connectivity index (χ0) is 15.0. The lowest BCUT2D eigenvalue weighted by molar-refractivity contribution is -0.391. The lowest BCUT2D eigenvalue weighted by Crippen LogP contribution is -2.52. The quantitative estimate of drug-likeness (QED) is 0.849.